The Bertz CT molecular complexity index is 403. The molecule has 3 N–H and O–H groups in total. The molecule has 1 unspecified atom stereocenters. The summed E-state index contributed by atoms with van der Waals surface area (Å²) in [4.78, 5) is 24.8. The number of hydrogen-bond acceptors (Lipinski definition) is 4. The van der Waals surface area contributed by atoms with Crippen LogP contribution in [0.1, 0.15) is 0 Å². The molecular weight excluding hydrogens is 222 g/mol. The highest BCUT2D eigenvalue weighted by molar-refractivity contribution is 5.87. The van der Waals surface area contributed by atoms with Crippen molar-refractivity contribution >= 4 is 11.8 Å². The summed E-state index contributed by atoms with van der Waals surface area (Å²) in [5, 5.41) is 7.00. The first-order chi connectivity index (χ1) is 8.18. The highest BCUT2D eigenvalue weighted by Crippen LogP contribution is 2.04. The Morgan fingerprint density at radius 2 is 2.35 bits per heavy atom. The van der Waals surface area contributed by atoms with E-state index in [4.69, 9.17) is 5.73 Å². The van der Waals surface area contributed by atoms with Gasteiger partial charge in [-0.2, -0.15) is 5.10 Å². The van der Waals surface area contributed by atoms with E-state index in [1.54, 1.807) is 18.5 Å². The lowest BCUT2D eigenvalue weighted by Crippen LogP contribution is -2.59. The fraction of sp³-hybridized carbons (Fsp3) is 0.500. The summed E-state index contributed by atoms with van der Waals surface area (Å²) in [6.45, 7) is 1.72. The van der Waals surface area contributed by atoms with Crippen LogP contribution in [0.25, 0.3) is 0 Å². The fourth-order valence-corrected chi connectivity index (χ4v) is 1.88. The molecule has 1 aromatic rings. The van der Waals surface area contributed by atoms with E-state index < -0.39 is 11.9 Å². The summed E-state index contributed by atoms with van der Waals surface area (Å²) in [5.41, 5.74) is 5.27. The van der Waals surface area contributed by atoms with Crippen LogP contribution in [0.4, 0.5) is 0 Å². The van der Waals surface area contributed by atoms with E-state index >= 15 is 0 Å². The van der Waals surface area contributed by atoms with Crippen LogP contribution in [0.3, 0.4) is 0 Å². The minimum Gasteiger partial charge on any atom is -0.368 e. The van der Waals surface area contributed by atoms with Gasteiger partial charge in [0.25, 0.3) is 0 Å². The molecule has 2 heterocycles. The van der Waals surface area contributed by atoms with Crippen molar-refractivity contribution in [2.45, 2.75) is 12.6 Å². The summed E-state index contributed by atoms with van der Waals surface area (Å²) in [7, 11) is 0. The average molecular weight is 237 g/mol. The van der Waals surface area contributed by atoms with E-state index in [0.717, 1.165) is 0 Å². The Morgan fingerprint density at radius 1 is 1.53 bits per heavy atom. The lowest BCUT2D eigenvalue weighted by molar-refractivity contribution is -0.141. The van der Waals surface area contributed by atoms with Gasteiger partial charge in [-0.15, -0.1) is 0 Å². The Labute approximate surface area is 98.6 Å². The maximum atomic E-state index is 12.0. The third kappa shape index (κ3) is 2.62. The standard InChI is InChI=1S/C10H15N5O2/c11-10(17)8-6-12-3-5-15(8)9(16)7-14-4-1-2-13-14/h1-2,4,8,12H,3,5-7H2,(H2,11,17). The van der Waals surface area contributed by atoms with Crippen molar-refractivity contribution in [2.24, 2.45) is 5.73 Å². The van der Waals surface area contributed by atoms with Crippen LogP contribution in [-0.2, 0) is 16.1 Å². The second kappa shape index (κ2) is 4.96. The van der Waals surface area contributed by atoms with E-state index in [0.29, 0.717) is 19.6 Å². The Hall–Kier alpha value is -1.89. The first-order valence-corrected chi connectivity index (χ1v) is 5.45. The highest BCUT2D eigenvalue weighted by Gasteiger charge is 2.30. The normalized spacial score (nSPS) is 20.2. The number of rotatable bonds is 3. The van der Waals surface area contributed by atoms with Gasteiger partial charge in [0, 0.05) is 32.0 Å². The van der Waals surface area contributed by atoms with Gasteiger partial charge in [0.2, 0.25) is 11.8 Å². The first-order valence-electron chi connectivity index (χ1n) is 5.45. The number of carbonyl (C=O) groups is 2. The van der Waals surface area contributed by atoms with E-state index in [9.17, 15) is 9.59 Å². The van der Waals surface area contributed by atoms with Crippen LogP contribution in [0.5, 0.6) is 0 Å². The van der Waals surface area contributed by atoms with Gasteiger partial charge in [0.05, 0.1) is 0 Å². The molecule has 1 aromatic heterocycles. The second-order valence-corrected chi connectivity index (χ2v) is 3.91. The van der Waals surface area contributed by atoms with Gasteiger partial charge >= 0.3 is 0 Å². The van der Waals surface area contributed by atoms with Gasteiger partial charge in [-0.05, 0) is 6.07 Å². The average Bonchev–Trinajstić information content (AvgIpc) is 2.81. The Balaban J connectivity index is 2.03. The van der Waals surface area contributed by atoms with Gasteiger partial charge in [-0.1, -0.05) is 0 Å². The van der Waals surface area contributed by atoms with Crippen LogP contribution in [0.15, 0.2) is 18.5 Å². The number of amides is 2. The van der Waals surface area contributed by atoms with E-state index in [1.807, 2.05) is 0 Å². The quantitative estimate of drug-likeness (QED) is 0.646. The molecule has 1 atom stereocenters. The molecule has 1 fully saturated rings. The van der Waals surface area contributed by atoms with Crippen molar-refractivity contribution < 1.29 is 9.59 Å². The van der Waals surface area contributed by atoms with E-state index in [2.05, 4.69) is 10.4 Å². The number of nitrogens with one attached hydrogen (secondary N) is 1. The van der Waals surface area contributed by atoms with Crippen molar-refractivity contribution in [2.75, 3.05) is 19.6 Å². The zero-order valence-corrected chi connectivity index (χ0v) is 9.37. The van der Waals surface area contributed by atoms with Gasteiger partial charge in [0.15, 0.2) is 0 Å². The zero-order valence-electron chi connectivity index (χ0n) is 9.37. The SMILES string of the molecule is NC(=O)C1CNCCN1C(=O)Cn1cccn1. The molecule has 0 aliphatic carbocycles. The summed E-state index contributed by atoms with van der Waals surface area (Å²) in [6, 6.07) is 1.18. The predicted molar refractivity (Wildman–Crippen MR) is 59.8 cm³/mol. The summed E-state index contributed by atoms with van der Waals surface area (Å²) < 4.78 is 1.53. The molecule has 92 valence electrons. The minimum atomic E-state index is -0.563. The molecule has 1 aliphatic heterocycles. The Kier molecular flexibility index (Phi) is 3.38. The minimum absolute atomic E-state index is 0.136. The highest BCUT2D eigenvalue weighted by atomic mass is 16.2. The molecule has 0 bridgehead atoms. The van der Waals surface area contributed by atoms with Crippen LogP contribution >= 0.6 is 0 Å². The first kappa shape index (κ1) is 11.6. The molecule has 1 saturated heterocycles. The summed E-state index contributed by atoms with van der Waals surface area (Å²) in [6.07, 6.45) is 3.32. The molecule has 2 rings (SSSR count). The molecule has 0 spiro atoms. The van der Waals surface area contributed by atoms with Crippen molar-refractivity contribution in [3.05, 3.63) is 18.5 Å². The van der Waals surface area contributed by atoms with Crippen LogP contribution in [0, 0.1) is 0 Å². The van der Waals surface area contributed by atoms with Crippen molar-refractivity contribution in [3.8, 4) is 0 Å². The van der Waals surface area contributed by atoms with Crippen molar-refractivity contribution in [3.63, 3.8) is 0 Å². The molecule has 0 aromatic carbocycles. The molecular formula is C10H15N5O2. The summed E-state index contributed by atoms with van der Waals surface area (Å²) in [5.74, 6) is -0.620. The zero-order chi connectivity index (χ0) is 12.3. The third-order valence-electron chi connectivity index (χ3n) is 2.75. The Morgan fingerprint density at radius 3 is 3.00 bits per heavy atom. The van der Waals surface area contributed by atoms with Gasteiger partial charge in [0.1, 0.15) is 12.6 Å². The van der Waals surface area contributed by atoms with Crippen LogP contribution < -0.4 is 11.1 Å². The second-order valence-electron chi connectivity index (χ2n) is 3.91. The molecule has 2 amide bonds. The number of carbonyl (C=O) groups excluding carboxylic acids is 2. The maximum absolute atomic E-state index is 12.0. The molecule has 0 radical (unpaired) electrons. The van der Waals surface area contributed by atoms with Crippen LogP contribution in [0.2, 0.25) is 0 Å². The molecule has 7 heteroatoms. The number of nitrogens with two attached hydrogens (primary N) is 1. The number of nitrogens with zero attached hydrogens (tertiary/aromatic N) is 3. The fourth-order valence-electron chi connectivity index (χ4n) is 1.88. The molecule has 1 aliphatic rings. The number of piperazine rings is 1. The lowest BCUT2D eigenvalue weighted by Gasteiger charge is -2.34. The lowest BCUT2D eigenvalue weighted by atomic mass is 10.2. The summed E-state index contributed by atoms with van der Waals surface area (Å²) >= 11 is 0. The van der Waals surface area contributed by atoms with Crippen molar-refractivity contribution in [1.29, 1.82) is 0 Å². The molecule has 0 saturated carbocycles. The number of aromatic nitrogens is 2. The van der Waals surface area contributed by atoms with Gasteiger partial charge < -0.3 is 16.0 Å². The maximum Gasteiger partial charge on any atom is 0.245 e. The van der Waals surface area contributed by atoms with Crippen LogP contribution in [-0.4, -0.2) is 52.2 Å². The van der Waals surface area contributed by atoms with E-state index in [-0.39, 0.29) is 12.5 Å². The molecule has 17 heavy (non-hydrogen) atoms. The monoisotopic (exact) mass is 237 g/mol. The van der Waals surface area contributed by atoms with E-state index in [1.165, 1.54) is 9.58 Å². The van der Waals surface area contributed by atoms with Gasteiger partial charge in [-0.25, -0.2) is 0 Å². The number of primary amides is 1. The number of hydrogen-bond donors (Lipinski definition) is 2. The largest absolute Gasteiger partial charge is 0.368 e. The smallest absolute Gasteiger partial charge is 0.245 e. The predicted octanol–water partition coefficient (Wildman–Crippen LogP) is -1.83. The molecule has 7 nitrogen and oxygen atoms in total. The van der Waals surface area contributed by atoms with Crippen molar-refractivity contribution in [1.82, 2.24) is 20.0 Å². The third-order valence-corrected chi connectivity index (χ3v) is 2.75. The van der Waals surface area contributed by atoms with Gasteiger partial charge in [-0.3, -0.25) is 14.3 Å². The topological polar surface area (TPSA) is 93.3 Å².